The molecular weight excluding hydrogens is 254 g/mol. The Kier molecular flexibility index (Phi) is 9.47. The Morgan fingerprint density at radius 3 is 2.45 bits per heavy atom. The van der Waals surface area contributed by atoms with Crippen LogP contribution in [-0.4, -0.2) is 44.4 Å². The summed E-state index contributed by atoms with van der Waals surface area (Å²) in [6, 6.07) is 0. The first-order chi connectivity index (χ1) is 9.41. The van der Waals surface area contributed by atoms with Crippen molar-refractivity contribution in [1.82, 2.24) is 4.90 Å². The van der Waals surface area contributed by atoms with Crippen molar-refractivity contribution in [3.63, 3.8) is 0 Å². The van der Waals surface area contributed by atoms with E-state index in [1.165, 1.54) is 6.42 Å². The smallest absolute Gasteiger partial charge is 0.226 e. The lowest BCUT2D eigenvalue weighted by atomic mass is 9.83. The molecule has 0 aliphatic carbocycles. The van der Waals surface area contributed by atoms with Gasteiger partial charge < -0.3 is 14.4 Å². The molecule has 4 nitrogen and oxygen atoms in total. The maximum Gasteiger partial charge on any atom is 0.226 e. The van der Waals surface area contributed by atoms with Crippen molar-refractivity contribution in [2.75, 3.05) is 27.3 Å². The van der Waals surface area contributed by atoms with Crippen molar-refractivity contribution in [3.8, 4) is 0 Å². The Morgan fingerprint density at radius 1 is 1.40 bits per heavy atom. The SMILES string of the molecule is CCCC(CC=O)C(=O)N1CCCC(C)(C)C1.COC. The Labute approximate surface area is 123 Å². The van der Waals surface area contributed by atoms with Gasteiger partial charge in [0.05, 0.1) is 0 Å². The molecule has 0 N–H and O–H groups in total. The molecule has 0 saturated carbocycles. The van der Waals surface area contributed by atoms with Crippen LogP contribution in [0, 0.1) is 11.3 Å². The van der Waals surface area contributed by atoms with E-state index in [0.717, 1.165) is 38.6 Å². The number of carbonyl (C=O) groups excluding carboxylic acids is 2. The lowest BCUT2D eigenvalue weighted by Crippen LogP contribution is -2.46. The quantitative estimate of drug-likeness (QED) is 0.730. The van der Waals surface area contributed by atoms with Crippen molar-refractivity contribution in [2.24, 2.45) is 11.3 Å². The van der Waals surface area contributed by atoms with Crippen LogP contribution in [0.2, 0.25) is 0 Å². The van der Waals surface area contributed by atoms with E-state index in [1.807, 2.05) is 4.90 Å². The normalized spacial score (nSPS) is 18.8. The number of methoxy groups -OCH3 is 1. The lowest BCUT2D eigenvalue weighted by Gasteiger charge is -2.39. The van der Waals surface area contributed by atoms with Gasteiger partial charge in [0, 0.05) is 39.6 Å². The van der Waals surface area contributed by atoms with E-state index < -0.39 is 0 Å². The highest BCUT2D eigenvalue weighted by Crippen LogP contribution is 2.29. The molecule has 1 fully saturated rings. The van der Waals surface area contributed by atoms with Gasteiger partial charge in [-0.15, -0.1) is 0 Å². The van der Waals surface area contributed by atoms with Gasteiger partial charge in [-0.3, -0.25) is 4.79 Å². The second-order valence-corrected chi connectivity index (χ2v) is 6.32. The molecule has 0 aromatic heterocycles. The van der Waals surface area contributed by atoms with Crippen molar-refractivity contribution >= 4 is 12.2 Å². The topological polar surface area (TPSA) is 46.6 Å². The van der Waals surface area contributed by atoms with Gasteiger partial charge in [-0.2, -0.15) is 0 Å². The number of hydrogen-bond donors (Lipinski definition) is 0. The molecule has 1 rings (SSSR count). The summed E-state index contributed by atoms with van der Waals surface area (Å²) >= 11 is 0. The van der Waals surface area contributed by atoms with Gasteiger partial charge in [-0.1, -0.05) is 27.2 Å². The average Bonchev–Trinajstić information content (AvgIpc) is 2.37. The lowest BCUT2D eigenvalue weighted by molar-refractivity contribution is -0.140. The van der Waals surface area contributed by atoms with E-state index in [-0.39, 0.29) is 17.2 Å². The molecular formula is C16H31NO3. The van der Waals surface area contributed by atoms with Crippen molar-refractivity contribution in [2.45, 2.75) is 52.9 Å². The fourth-order valence-electron chi connectivity index (χ4n) is 2.68. The van der Waals surface area contributed by atoms with Gasteiger partial charge in [0.15, 0.2) is 0 Å². The molecule has 20 heavy (non-hydrogen) atoms. The first-order valence-electron chi connectivity index (χ1n) is 7.54. The molecule has 4 heteroatoms. The zero-order valence-corrected chi connectivity index (χ0v) is 13.8. The minimum atomic E-state index is -0.0913. The molecule has 0 radical (unpaired) electrons. The monoisotopic (exact) mass is 285 g/mol. The number of likely N-dealkylation sites (tertiary alicyclic amines) is 1. The maximum absolute atomic E-state index is 12.3. The predicted octanol–water partition coefficient (Wildman–Crippen LogP) is 2.90. The van der Waals surface area contributed by atoms with Crippen molar-refractivity contribution in [1.29, 1.82) is 0 Å². The molecule has 1 heterocycles. The third-order valence-electron chi connectivity index (χ3n) is 3.58. The number of amides is 1. The van der Waals surface area contributed by atoms with E-state index in [2.05, 4.69) is 25.5 Å². The zero-order chi connectivity index (χ0) is 15.6. The van der Waals surface area contributed by atoms with Gasteiger partial charge in [0.1, 0.15) is 6.29 Å². The van der Waals surface area contributed by atoms with E-state index >= 15 is 0 Å². The van der Waals surface area contributed by atoms with Crippen molar-refractivity contribution < 1.29 is 14.3 Å². The van der Waals surface area contributed by atoms with E-state index in [9.17, 15) is 9.59 Å². The maximum atomic E-state index is 12.3. The van der Waals surface area contributed by atoms with Gasteiger partial charge >= 0.3 is 0 Å². The van der Waals surface area contributed by atoms with Crippen LogP contribution in [0.4, 0.5) is 0 Å². The fourth-order valence-corrected chi connectivity index (χ4v) is 2.68. The average molecular weight is 285 g/mol. The van der Waals surface area contributed by atoms with Crippen LogP contribution >= 0.6 is 0 Å². The molecule has 1 unspecified atom stereocenters. The molecule has 1 aliphatic rings. The van der Waals surface area contributed by atoms with Crippen molar-refractivity contribution in [3.05, 3.63) is 0 Å². The largest absolute Gasteiger partial charge is 0.388 e. The summed E-state index contributed by atoms with van der Waals surface area (Å²) in [6.07, 6.45) is 5.31. The van der Waals surface area contributed by atoms with Crippen LogP contribution in [0.3, 0.4) is 0 Å². The molecule has 1 atom stereocenters. The number of piperidine rings is 1. The summed E-state index contributed by atoms with van der Waals surface area (Å²) in [4.78, 5) is 24.9. The van der Waals surface area contributed by atoms with E-state index in [0.29, 0.717) is 6.42 Å². The van der Waals surface area contributed by atoms with Crippen LogP contribution in [0.25, 0.3) is 0 Å². The number of ether oxygens (including phenoxy) is 1. The van der Waals surface area contributed by atoms with Gasteiger partial charge in [-0.25, -0.2) is 0 Å². The van der Waals surface area contributed by atoms with Crippen LogP contribution < -0.4 is 0 Å². The number of hydrogen-bond acceptors (Lipinski definition) is 3. The van der Waals surface area contributed by atoms with Gasteiger partial charge in [0.25, 0.3) is 0 Å². The molecule has 0 aromatic carbocycles. The third-order valence-corrected chi connectivity index (χ3v) is 3.58. The summed E-state index contributed by atoms with van der Waals surface area (Å²) in [6.45, 7) is 8.18. The van der Waals surface area contributed by atoms with Gasteiger partial charge in [0.2, 0.25) is 5.91 Å². The highest BCUT2D eigenvalue weighted by atomic mass is 16.4. The Balaban J connectivity index is 0.00000110. The highest BCUT2D eigenvalue weighted by molar-refractivity contribution is 5.81. The summed E-state index contributed by atoms with van der Waals surface area (Å²) in [5.41, 5.74) is 0.228. The molecule has 0 aromatic rings. The minimum absolute atomic E-state index is 0.0913. The molecule has 0 spiro atoms. The molecule has 1 amide bonds. The van der Waals surface area contributed by atoms with Gasteiger partial charge in [-0.05, 0) is 24.7 Å². The minimum Gasteiger partial charge on any atom is -0.388 e. The fraction of sp³-hybridized carbons (Fsp3) is 0.875. The summed E-state index contributed by atoms with van der Waals surface area (Å²) < 4.78 is 4.25. The van der Waals surface area contributed by atoms with E-state index in [1.54, 1.807) is 14.2 Å². The number of rotatable bonds is 5. The standard InChI is InChI=1S/C14H25NO2.C2H6O/c1-4-6-12(7-10-16)13(17)15-9-5-8-14(2,3)11-15;1-3-2/h10,12H,4-9,11H2,1-3H3;1-2H3. The predicted molar refractivity (Wildman–Crippen MR) is 81.6 cm³/mol. The third kappa shape index (κ3) is 7.04. The second-order valence-electron chi connectivity index (χ2n) is 6.32. The first-order valence-corrected chi connectivity index (χ1v) is 7.54. The number of carbonyl (C=O) groups is 2. The molecule has 118 valence electrons. The van der Waals surface area contributed by atoms with Crippen LogP contribution in [0.5, 0.6) is 0 Å². The zero-order valence-electron chi connectivity index (χ0n) is 13.8. The second kappa shape index (κ2) is 9.92. The number of nitrogens with zero attached hydrogens (tertiary/aromatic N) is 1. The highest BCUT2D eigenvalue weighted by Gasteiger charge is 2.31. The molecule has 0 bridgehead atoms. The van der Waals surface area contributed by atoms with Crippen LogP contribution in [0.15, 0.2) is 0 Å². The van der Waals surface area contributed by atoms with E-state index in [4.69, 9.17) is 0 Å². The summed E-state index contributed by atoms with van der Waals surface area (Å²) in [5.74, 6) is 0.0955. The Morgan fingerprint density at radius 2 is 2.00 bits per heavy atom. The summed E-state index contributed by atoms with van der Waals surface area (Å²) in [7, 11) is 3.25. The first kappa shape index (κ1) is 19.1. The van der Waals surface area contributed by atoms with Crippen LogP contribution in [0.1, 0.15) is 52.9 Å². The summed E-state index contributed by atoms with van der Waals surface area (Å²) in [5, 5.41) is 0. The molecule has 1 aliphatic heterocycles. The Bertz CT molecular complexity index is 289. The Hall–Kier alpha value is -0.900. The van der Waals surface area contributed by atoms with Crippen LogP contribution in [-0.2, 0) is 14.3 Å². The molecule has 1 saturated heterocycles. The number of aldehydes is 1.